The van der Waals surface area contributed by atoms with Crippen LogP contribution in [-0.2, 0) is 22.5 Å². The molecule has 1 unspecified atom stereocenters. The molecule has 0 aliphatic carbocycles. The molecule has 0 spiro atoms. The van der Waals surface area contributed by atoms with Crippen LogP contribution in [0.2, 0.25) is 0 Å². The van der Waals surface area contributed by atoms with Crippen molar-refractivity contribution in [2.75, 3.05) is 19.8 Å². The smallest absolute Gasteiger partial charge is 0.135 e. The second-order valence-corrected chi connectivity index (χ2v) is 4.99. The Morgan fingerprint density at radius 3 is 3.06 bits per heavy atom. The minimum absolute atomic E-state index is 0.374. The number of nitrogens with zero attached hydrogens (tertiary/aromatic N) is 1. The Hall–Kier alpha value is -0.780. The average Bonchev–Trinajstić information content (AvgIpc) is 2.40. The quantitative estimate of drug-likeness (QED) is 0.778. The lowest BCUT2D eigenvalue weighted by molar-refractivity contribution is 0.0773. The first-order chi connectivity index (χ1) is 8.34. The summed E-state index contributed by atoms with van der Waals surface area (Å²) < 4.78 is 11.6. The van der Waals surface area contributed by atoms with E-state index in [4.69, 9.17) is 21.7 Å². The van der Waals surface area contributed by atoms with Crippen LogP contribution in [0.25, 0.3) is 0 Å². The van der Waals surface area contributed by atoms with E-state index in [0.717, 1.165) is 50.5 Å². The van der Waals surface area contributed by atoms with Gasteiger partial charge in [-0.2, -0.15) is 0 Å². The monoisotopic (exact) mass is 252 g/mol. The highest BCUT2D eigenvalue weighted by atomic mass is 32.1. The molecule has 0 aromatic carbocycles. The van der Waals surface area contributed by atoms with Crippen molar-refractivity contribution in [2.24, 2.45) is 0 Å². The molecule has 0 radical (unpaired) electrons. The fraction of sp³-hybridized carbons (Fsp3) is 0.667. The number of aromatic nitrogens is 2. The van der Waals surface area contributed by atoms with E-state index in [9.17, 15) is 0 Å². The second kappa shape index (κ2) is 4.84. The van der Waals surface area contributed by atoms with E-state index in [2.05, 4.69) is 9.97 Å². The maximum absolute atomic E-state index is 5.50. The lowest BCUT2D eigenvalue weighted by Crippen LogP contribution is -2.21. The van der Waals surface area contributed by atoms with Gasteiger partial charge in [0.15, 0.2) is 0 Å². The normalized spacial score (nSPS) is 24.4. The Morgan fingerprint density at radius 1 is 1.29 bits per heavy atom. The molecule has 1 N–H and O–H groups in total. The van der Waals surface area contributed by atoms with Crippen LogP contribution in [0.15, 0.2) is 0 Å². The van der Waals surface area contributed by atoms with Crippen LogP contribution in [0.1, 0.15) is 35.8 Å². The Morgan fingerprint density at radius 2 is 2.24 bits per heavy atom. The zero-order chi connectivity index (χ0) is 11.7. The molecule has 2 aliphatic rings. The van der Waals surface area contributed by atoms with Crippen LogP contribution in [0.5, 0.6) is 0 Å². The number of H-pyrrole nitrogens is 1. The van der Waals surface area contributed by atoms with Crippen LogP contribution in [-0.4, -0.2) is 29.8 Å². The highest BCUT2D eigenvalue weighted by Crippen LogP contribution is 2.24. The molecule has 2 aliphatic heterocycles. The molecule has 5 heteroatoms. The number of hydrogen-bond acceptors (Lipinski definition) is 4. The Kier molecular flexibility index (Phi) is 3.22. The van der Waals surface area contributed by atoms with Crippen molar-refractivity contribution in [3.05, 3.63) is 21.7 Å². The van der Waals surface area contributed by atoms with Crippen molar-refractivity contribution < 1.29 is 9.47 Å². The van der Waals surface area contributed by atoms with Gasteiger partial charge in [0.05, 0.1) is 19.8 Å². The van der Waals surface area contributed by atoms with E-state index in [-0.39, 0.29) is 0 Å². The van der Waals surface area contributed by atoms with Crippen molar-refractivity contribution in [1.82, 2.24) is 9.97 Å². The number of ether oxygens (including phenoxy) is 2. The van der Waals surface area contributed by atoms with Crippen molar-refractivity contribution in [1.29, 1.82) is 0 Å². The van der Waals surface area contributed by atoms with Gasteiger partial charge in [0.25, 0.3) is 0 Å². The van der Waals surface area contributed by atoms with Crippen LogP contribution < -0.4 is 0 Å². The van der Waals surface area contributed by atoms with Gasteiger partial charge in [-0.3, -0.25) is 0 Å². The van der Waals surface area contributed by atoms with Crippen molar-refractivity contribution >= 4 is 12.2 Å². The SMILES string of the molecule is S=c1nc(C2CCCOC2)[nH]c2c1COCC2. The Bertz CT molecular complexity index is 466. The molecule has 1 aromatic rings. The van der Waals surface area contributed by atoms with Gasteiger partial charge in [0, 0.05) is 30.2 Å². The summed E-state index contributed by atoms with van der Waals surface area (Å²) in [6.45, 7) is 2.99. The van der Waals surface area contributed by atoms with E-state index in [1.165, 1.54) is 5.69 Å². The van der Waals surface area contributed by atoms with Gasteiger partial charge in [-0.15, -0.1) is 0 Å². The lowest BCUT2D eigenvalue weighted by atomic mass is 10.0. The number of rotatable bonds is 1. The lowest BCUT2D eigenvalue weighted by Gasteiger charge is -2.23. The van der Waals surface area contributed by atoms with E-state index < -0.39 is 0 Å². The van der Waals surface area contributed by atoms with Gasteiger partial charge < -0.3 is 14.5 Å². The summed E-state index contributed by atoms with van der Waals surface area (Å²) in [5.74, 6) is 1.37. The third kappa shape index (κ3) is 2.27. The Labute approximate surface area is 105 Å². The topological polar surface area (TPSA) is 47.1 Å². The number of aromatic amines is 1. The third-order valence-corrected chi connectivity index (χ3v) is 3.75. The summed E-state index contributed by atoms with van der Waals surface area (Å²) in [6, 6.07) is 0. The van der Waals surface area contributed by atoms with Crippen molar-refractivity contribution in [3.8, 4) is 0 Å². The summed E-state index contributed by atoms with van der Waals surface area (Å²) in [5.41, 5.74) is 2.27. The molecule has 1 aromatic heterocycles. The molecule has 0 saturated carbocycles. The zero-order valence-electron chi connectivity index (χ0n) is 9.70. The summed E-state index contributed by atoms with van der Waals surface area (Å²) in [4.78, 5) is 7.95. The zero-order valence-corrected chi connectivity index (χ0v) is 10.5. The molecule has 92 valence electrons. The third-order valence-electron chi connectivity index (χ3n) is 3.41. The highest BCUT2D eigenvalue weighted by molar-refractivity contribution is 7.71. The minimum atomic E-state index is 0.374. The van der Waals surface area contributed by atoms with E-state index >= 15 is 0 Å². The Balaban J connectivity index is 1.95. The van der Waals surface area contributed by atoms with Crippen LogP contribution in [0, 0.1) is 4.64 Å². The second-order valence-electron chi connectivity index (χ2n) is 4.60. The summed E-state index contributed by atoms with van der Waals surface area (Å²) in [7, 11) is 0. The molecular weight excluding hydrogens is 236 g/mol. The summed E-state index contributed by atoms with van der Waals surface area (Å²) in [6.07, 6.45) is 3.14. The molecule has 4 nitrogen and oxygen atoms in total. The van der Waals surface area contributed by atoms with Gasteiger partial charge in [0.2, 0.25) is 0 Å². The summed E-state index contributed by atoms with van der Waals surface area (Å²) >= 11 is 5.34. The van der Waals surface area contributed by atoms with Crippen LogP contribution in [0.3, 0.4) is 0 Å². The molecule has 1 atom stereocenters. The highest BCUT2D eigenvalue weighted by Gasteiger charge is 2.21. The molecule has 17 heavy (non-hydrogen) atoms. The van der Waals surface area contributed by atoms with E-state index in [1.54, 1.807) is 0 Å². The molecule has 1 fully saturated rings. The van der Waals surface area contributed by atoms with Crippen LogP contribution in [0.4, 0.5) is 0 Å². The fourth-order valence-corrected chi connectivity index (χ4v) is 2.70. The first kappa shape index (κ1) is 11.3. The first-order valence-electron chi connectivity index (χ1n) is 6.12. The van der Waals surface area contributed by atoms with Gasteiger partial charge in [-0.25, -0.2) is 4.98 Å². The molecule has 0 bridgehead atoms. The van der Waals surface area contributed by atoms with Gasteiger partial charge >= 0.3 is 0 Å². The molecule has 1 saturated heterocycles. The average molecular weight is 252 g/mol. The van der Waals surface area contributed by atoms with Crippen LogP contribution >= 0.6 is 12.2 Å². The van der Waals surface area contributed by atoms with Crippen molar-refractivity contribution in [3.63, 3.8) is 0 Å². The maximum atomic E-state index is 5.50. The fourth-order valence-electron chi connectivity index (χ4n) is 2.42. The van der Waals surface area contributed by atoms with E-state index in [1.807, 2.05) is 0 Å². The predicted octanol–water partition coefficient (Wildman–Crippen LogP) is 2.11. The predicted molar refractivity (Wildman–Crippen MR) is 65.6 cm³/mol. The number of fused-ring (bicyclic) bond motifs is 1. The largest absolute Gasteiger partial charge is 0.381 e. The maximum Gasteiger partial charge on any atom is 0.135 e. The standard InChI is InChI=1S/C12H16N2O2S/c17-12-9-7-16-5-3-10(9)13-11(14-12)8-2-1-4-15-6-8/h8H,1-7H2,(H,13,14,17). The number of nitrogens with one attached hydrogen (secondary N) is 1. The summed E-state index contributed by atoms with van der Waals surface area (Å²) in [5, 5.41) is 0. The molecule has 3 heterocycles. The molecular formula is C12H16N2O2S. The minimum Gasteiger partial charge on any atom is -0.381 e. The van der Waals surface area contributed by atoms with Crippen molar-refractivity contribution in [2.45, 2.75) is 31.8 Å². The molecule has 3 rings (SSSR count). The molecule has 0 amide bonds. The first-order valence-corrected chi connectivity index (χ1v) is 6.53. The number of hydrogen-bond donors (Lipinski definition) is 1. The van der Waals surface area contributed by atoms with E-state index in [0.29, 0.717) is 17.2 Å². The van der Waals surface area contributed by atoms with Gasteiger partial charge in [-0.05, 0) is 12.8 Å². The van der Waals surface area contributed by atoms with Gasteiger partial charge in [0.1, 0.15) is 10.5 Å². The van der Waals surface area contributed by atoms with Gasteiger partial charge in [-0.1, -0.05) is 12.2 Å².